The molecular weight excluding hydrogens is 202 g/mol. The number of rotatable bonds is 4. The molecule has 1 saturated heterocycles. The first-order valence-corrected chi connectivity index (χ1v) is 4.87. The first-order valence-electron chi connectivity index (χ1n) is 4.87. The van der Waals surface area contributed by atoms with Crippen molar-refractivity contribution in [1.82, 2.24) is 5.32 Å². The van der Waals surface area contributed by atoms with Crippen LogP contribution in [0.5, 0.6) is 0 Å². The first kappa shape index (κ1) is 11.9. The third kappa shape index (κ3) is 3.49. The molecule has 1 amide bonds. The molecule has 6 heteroatoms. The normalized spacial score (nSPS) is 19.5. The minimum absolute atomic E-state index is 0.202. The second-order valence-corrected chi connectivity index (χ2v) is 3.47. The van der Waals surface area contributed by atoms with Gasteiger partial charge in [0.15, 0.2) is 0 Å². The number of hydrogen-bond donors (Lipinski definition) is 3. The highest BCUT2D eigenvalue weighted by atomic mass is 16.5. The topological polar surface area (TPSA) is 95.9 Å². The van der Waals surface area contributed by atoms with E-state index in [2.05, 4.69) is 5.32 Å². The molecule has 0 radical (unpaired) electrons. The van der Waals surface area contributed by atoms with Crippen molar-refractivity contribution in [1.29, 1.82) is 0 Å². The van der Waals surface area contributed by atoms with Gasteiger partial charge in [-0.3, -0.25) is 4.79 Å². The highest BCUT2D eigenvalue weighted by Crippen LogP contribution is 2.14. The number of hydrogen-bond acceptors (Lipinski definition) is 4. The van der Waals surface area contributed by atoms with Gasteiger partial charge in [-0.15, -0.1) is 0 Å². The van der Waals surface area contributed by atoms with Crippen LogP contribution in [-0.4, -0.2) is 48.0 Å². The van der Waals surface area contributed by atoms with Gasteiger partial charge >= 0.3 is 5.97 Å². The molecule has 0 unspecified atom stereocenters. The Bertz CT molecular complexity index is 237. The van der Waals surface area contributed by atoms with Gasteiger partial charge in [0.2, 0.25) is 5.91 Å². The maximum Gasteiger partial charge on any atom is 0.328 e. The van der Waals surface area contributed by atoms with Gasteiger partial charge in [0, 0.05) is 19.1 Å². The maximum absolute atomic E-state index is 11.5. The van der Waals surface area contributed by atoms with E-state index in [0.717, 1.165) is 0 Å². The molecule has 1 rings (SSSR count). The molecule has 0 aromatic heterocycles. The van der Waals surface area contributed by atoms with Crippen LogP contribution in [0, 0.1) is 5.92 Å². The zero-order valence-electron chi connectivity index (χ0n) is 8.31. The number of carbonyl (C=O) groups is 2. The average molecular weight is 217 g/mol. The summed E-state index contributed by atoms with van der Waals surface area (Å²) in [5, 5.41) is 19.6. The smallest absolute Gasteiger partial charge is 0.328 e. The number of amides is 1. The zero-order valence-corrected chi connectivity index (χ0v) is 8.31. The predicted molar refractivity (Wildman–Crippen MR) is 50.2 cm³/mol. The number of carboxylic acids is 1. The van der Waals surface area contributed by atoms with Gasteiger partial charge in [-0.25, -0.2) is 4.79 Å². The van der Waals surface area contributed by atoms with E-state index in [1.807, 2.05) is 0 Å². The summed E-state index contributed by atoms with van der Waals surface area (Å²) in [6.45, 7) is 0.453. The van der Waals surface area contributed by atoms with E-state index in [1.54, 1.807) is 0 Å². The fraction of sp³-hybridized carbons (Fsp3) is 0.778. The van der Waals surface area contributed by atoms with Crippen LogP contribution in [0.25, 0.3) is 0 Å². The Balaban J connectivity index is 2.42. The second-order valence-electron chi connectivity index (χ2n) is 3.47. The molecule has 1 heterocycles. The molecule has 1 fully saturated rings. The molecule has 1 aliphatic rings. The number of carboxylic acid groups (broad SMARTS) is 1. The van der Waals surface area contributed by atoms with Gasteiger partial charge in [-0.1, -0.05) is 0 Å². The average Bonchev–Trinajstić information content (AvgIpc) is 2.26. The lowest BCUT2D eigenvalue weighted by Gasteiger charge is -2.22. The molecule has 1 aliphatic heterocycles. The Labute approximate surface area is 87.2 Å². The number of nitrogens with one attached hydrogen (secondary N) is 1. The lowest BCUT2D eigenvalue weighted by atomic mass is 9.99. The summed E-state index contributed by atoms with van der Waals surface area (Å²) >= 11 is 0. The molecule has 0 aliphatic carbocycles. The number of aliphatic hydroxyl groups is 1. The fourth-order valence-electron chi connectivity index (χ4n) is 1.43. The minimum Gasteiger partial charge on any atom is -0.480 e. The van der Waals surface area contributed by atoms with Crippen LogP contribution in [0.2, 0.25) is 0 Å². The summed E-state index contributed by atoms with van der Waals surface area (Å²) < 4.78 is 5.08. The van der Waals surface area contributed by atoms with E-state index in [9.17, 15) is 9.59 Å². The molecule has 0 spiro atoms. The van der Waals surface area contributed by atoms with Crippen molar-refractivity contribution in [2.24, 2.45) is 5.92 Å². The quantitative estimate of drug-likeness (QED) is 0.560. The molecular formula is C9H15NO5. The lowest BCUT2D eigenvalue weighted by molar-refractivity contribution is -0.144. The van der Waals surface area contributed by atoms with Crippen molar-refractivity contribution < 1.29 is 24.5 Å². The molecule has 6 nitrogen and oxygen atoms in total. The lowest BCUT2D eigenvalue weighted by Crippen LogP contribution is -2.46. The third-order valence-electron chi connectivity index (χ3n) is 2.39. The van der Waals surface area contributed by atoms with Crippen LogP contribution in [0.3, 0.4) is 0 Å². The maximum atomic E-state index is 11.5. The van der Waals surface area contributed by atoms with Crippen LogP contribution < -0.4 is 5.32 Å². The standard InChI is InChI=1S/C9H15NO5/c11-5-7(9(13)14)10-8(12)6-1-3-15-4-2-6/h6-7,11H,1-5H2,(H,10,12)(H,13,14)/t7-/m1/s1. The largest absolute Gasteiger partial charge is 0.480 e. The Morgan fingerprint density at radius 3 is 2.47 bits per heavy atom. The highest BCUT2D eigenvalue weighted by molar-refractivity contribution is 5.85. The summed E-state index contributed by atoms with van der Waals surface area (Å²) in [4.78, 5) is 22.1. The van der Waals surface area contributed by atoms with Crippen LogP contribution in [0.15, 0.2) is 0 Å². The number of aliphatic carboxylic acids is 1. The van der Waals surface area contributed by atoms with Gasteiger partial charge in [-0.05, 0) is 12.8 Å². The first-order chi connectivity index (χ1) is 7.15. The van der Waals surface area contributed by atoms with E-state index in [4.69, 9.17) is 14.9 Å². The van der Waals surface area contributed by atoms with Gasteiger partial charge in [-0.2, -0.15) is 0 Å². The molecule has 3 N–H and O–H groups in total. The Morgan fingerprint density at radius 2 is 2.00 bits per heavy atom. The fourth-order valence-corrected chi connectivity index (χ4v) is 1.43. The van der Waals surface area contributed by atoms with Crippen molar-refractivity contribution in [2.75, 3.05) is 19.8 Å². The number of aliphatic hydroxyl groups excluding tert-OH is 1. The second kappa shape index (κ2) is 5.67. The highest BCUT2D eigenvalue weighted by Gasteiger charge is 2.26. The molecule has 0 bridgehead atoms. The summed E-state index contributed by atoms with van der Waals surface area (Å²) in [6, 6.07) is -1.21. The van der Waals surface area contributed by atoms with Gasteiger partial charge < -0.3 is 20.3 Å². The summed E-state index contributed by atoms with van der Waals surface area (Å²) in [7, 11) is 0. The van der Waals surface area contributed by atoms with Gasteiger partial charge in [0.1, 0.15) is 6.04 Å². The molecule has 86 valence electrons. The molecule has 1 atom stereocenters. The van der Waals surface area contributed by atoms with E-state index in [-0.39, 0.29) is 11.8 Å². The zero-order chi connectivity index (χ0) is 11.3. The molecule has 0 aromatic carbocycles. The Kier molecular flexibility index (Phi) is 4.51. The van der Waals surface area contributed by atoms with E-state index in [1.165, 1.54) is 0 Å². The van der Waals surface area contributed by atoms with Crippen molar-refractivity contribution in [2.45, 2.75) is 18.9 Å². The Hall–Kier alpha value is -1.14. The molecule has 0 aromatic rings. The summed E-state index contributed by atoms with van der Waals surface area (Å²) in [5.74, 6) is -1.75. The van der Waals surface area contributed by atoms with E-state index >= 15 is 0 Å². The van der Waals surface area contributed by atoms with Crippen LogP contribution in [0.1, 0.15) is 12.8 Å². The van der Waals surface area contributed by atoms with Crippen LogP contribution in [0.4, 0.5) is 0 Å². The van der Waals surface area contributed by atoms with Crippen molar-refractivity contribution >= 4 is 11.9 Å². The minimum atomic E-state index is -1.22. The SMILES string of the molecule is O=C(N[C@H](CO)C(=O)O)C1CCOCC1. The summed E-state index contributed by atoms with van der Waals surface area (Å²) in [5.41, 5.74) is 0. The monoisotopic (exact) mass is 217 g/mol. The molecule has 0 saturated carbocycles. The van der Waals surface area contributed by atoms with E-state index in [0.29, 0.717) is 26.1 Å². The van der Waals surface area contributed by atoms with Crippen LogP contribution >= 0.6 is 0 Å². The van der Waals surface area contributed by atoms with Crippen molar-refractivity contribution in [3.63, 3.8) is 0 Å². The Morgan fingerprint density at radius 1 is 1.40 bits per heavy atom. The molecule has 15 heavy (non-hydrogen) atoms. The predicted octanol–water partition coefficient (Wildman–Crippen LogP) is -1.03. The van der Waals surface area contributed by atoms with Crippen molar-refractivity contribution in [3.05, 3.63) is 0 Å². The number of ether oxygens (including phenoxy) is 1. The van der Waals surface area contributed by atoms with Gasteiger partial charge in [0.05, 0.1) is 6.61 Å². The van der Waals surface area contributed by atoms with Crippen LogP contribution in [-0.2, 0) is 14.3 Å². The third-order valence-corrected chi connectivity index (χ3v) is 2.39. The van der Waals surface area contributed by atoms with Gasteiger partial charge in [0.25, 0.3) is 0 Å². The summed E-state index contributed by atoms with van der Waals surface area (Å²) in [6.07, 6.45) is 1.20. The van der Waals surface area contributed by atoms with E-state index < -0.39 is 18.6 Å². The van der Waals surface area contributed by atoms with Crippen molar-refractivity contribution in [3.8, 4) is 0 Å². The number of carbonyl (C=O) groups excluding carboxylic acids is 1.